The zero-order chi connectivity index (χ0) is 18.4. The molecule has 2 aromatic carbocycles. The molecule has 0 aromatic heterocycles. The number of nitrogens with one attached hydrogen (secondary N) is 2. The van der Waals surface area contributed by atoms with Gasteiger partial charge in [0.1, 0.15) is 0 Å². The molecule has 0 bridgehead atoms. The molecule has 0 heterocycles. The van der Waals surface area contributed by atoms with Crippen molar-refractivity contribution >= 4 is 27.7 Å². The smallest absolute Gasteiger partial charge is 0.251 e. The van der Waals surface area contributed by atoms with Gasteiger partial charge in [0.25, 0.3) is 5.91 Å². The molecule has 2 aromatic rings. The summed E-state index contributed by atoms with van der Waals surface area (Å²) in [5.41, 5.74) is 1.97. The van der Waals surface area contributed by atoms with Gasteiger partial charge in [0, 0.05) is 35.0 Å². The van der Waals surface area contributed by atoms with E-state index >= 15 is 0 Å². The first kappa shape index (κ1) is 18.6. The molecular formula is C21H23BrN2O2. The maximum atomic E-state index is 12.2. The fourth-order valence-corrected chi connectivity index (χ4v) is 3.58. The van der Waals surface area contributed by atoms with Crippen LogP contribution in [-0.4, -0.2) is 24.9 Å². The molecule has 0 unspecified atom stereocenters. The van der Waals surface area contributed by atoms with Gasteiger partial charge < -0.3 is 10.6 Å². The van der Waals surface area contributed by atoms with Gasteiger partial charge in [0.15, 0.2) is 0 Å². The Kier molecular flexibility index (Phi) is 6.09. The lowest BCUT2D eigenvalue weighted by atomic mass is 9.64. The molecule has 1 saturated carbocycles. The third-order valence-electron chi connectivity index (χ3n) is 5.06. The van der Waals surface area contributed by atoms with E-state index in [2.05, 4.69) is 50.8 Å². The second-order valence-corrected chi connectivity index (χ2v) is 7.71. The number of benzene rings is 2. The predicted molar refractivity (Wildman–Crippen MR) is 106 cm³/mol. The molecule has 2 amide bonds. The predicted octanol–water partition coefficient (Wildman–Crippen LogP) is 3.81. The lowest BCUT2D eigenvalue weighted by Crippen LogP contribution is -2.46. The minimum Gasteiger partial charge on any atom is -0.355 e. The fraction of sp³-hybridized carbons (Fsp3) is 0.333. The van der Waals surface area contributed by atoms with Gasteiger partial charge in [-0.1, -0.05) is 52.7 Å². The van der Waals surface area contributed by atoms with E-state index < -0.39 is 0 Å². The van der Waals surface area contributed by atoms with Gasteiger partial charge in [-0.2, -0.15) is 0 Å². The summed E-state index contributed by atoms with van der Waals surface area (Å²) in [4.78, 5) is 24.2. The highest BCUT2D eigenvalue weighted by atomic mass is 79.9. The molecule has 3 rings (SSSR count). The minimum absolute atomic E-state index is 0.0247. The summed E-state index contributed by atoms with van der Waals surface area (Å²) < 4.78 is 0.928. The van der Waals surface area contributed by atoms with E-state index in [0.717, 1.165) is 17.3 Å². The van der Waals surface area contributed by atoms with Gasteiger partial charge in [0.2, 0.25) is 5.91 Å². The highest BCUT2D eigenvalue weighted by molar-refractivity contribution is 9.10. The van der Waals surface area contributed by atoms with Crippen molar-refractivity contribution < 1.29 is 9.59 Å². The molecule has 0 radical (unpaired) electrons. The van der Waals surface area contributed by atoms with Crippen LogP contribution in [0.15, 0.2) is 59.1 Å². The van der Waals surface area contributed by atoms with Crippen molar-refractivity contribution in [1.82, 2.24) is 10.6 Å². The van der Waals surface area contributed by atoms with Crippen molar-refractivity contribution in [3.63, 3.8) is 0 Å². The standard InChI is InChI=1S/C21H23BrN2O2/c22-18-9-7-16(8-10-18)20(26)23-14-11-19(25)24-15-21(12-4-13-21)17-5-2-1-3-6-17/h1-3,5-10H,4,11-15H2,(H,23,26)(H,24,25). The van der Waals surface area contributed by atoms with Crippen molar-refractivity contribution in [2.45, 2.75) is 31.1 Å². The number of rotatable bonds is 7. The Hall–Kier alpha value is -2.14. The fourth-order valence-electron chi connectivity index (χ4n) is 3.31. The van der Waals surface area contributed by atoms with Crippen LogP contribution in [0.4, 0.5) is 0 Å². The topological polar surface area (TPSA) is 58.2 Å². The highest BCUT2D eigenvalue weighted by Gasteiger charge is 2.38. The monoisotopic (exact) mass is 414 g/mol. The van der Waals surface area contributed by atoms with Crippen LogP contribution in [0, 0.1) is 0 Å². The van der Waals surface area contributed by atoms with Crippen LogP contribution in [0.1, 0.15) is 41.6 Å². The van der Waals surface area contributed by atoms with Crippen LogP contribution in [0.25, 0.3) is 0 Å². The van der Waals surface area contributed by atoms with Gasteiger partial charge in [0.05, 0.1) is 0 Å². The number of amides is 2. The zero-order valence-corrected chi connectivity index (χ0v) is 16.2. The summed E-state index contributed by atoms with van der Waals surface area (Å²) in [5, 5.41) is 5.84. The molecule has 4 nitrogen and oxygen atoms in total. The third kappa shape index (κ3) is 4.52. The van der Waals surface area contributed by atoms with Crippen LogP contribution in [0.3, 0.4) is 0 Å². The van der Waals surface area contributed by atoms with Crippen LogP contribution in [0.2, 0.25) is 0 Å². The average molecular weight is 415 g/mol. The Morgan fingerprint density at radius 3 is 2.27 bits per heavy atom. The second kappa shape index (κ2) is 8.49. The maximum absolute atomic E-state index is 12.2. The van der Waals surface area contributed by atoms with E-state index in [1.807, 2.05) is 18.2 Å². The summed E-state index contributed by atoms with van der Waals surface area (Å²) in [7, 11) is 0. The molecule has 0 aliphatic heterocycles. The van der Waals surface area contributed by atoms with Gasteiger partial charge in [-0.15, -0.1) is 0 Å². The molecule has 136 valence electrons. The zero-order valence-electron chi connectivity index (χ0n) is 14.6. The molecule has 0 atom stereocenters. The van der Waals surface area contributed by atoms with E-state index in [0.29, 0.717) is 18.7 Å². The summed E-state index contributed by atoms with van der Waals surface area (Å²) in [5.74, 6) is -0.187. The quantitative estimate of drug-likeness (QED) is 0.723. The van der Waals surface area contributed by atoms with Gasteiger partial charge in [-0.05, 0) is 42.7 Å². The molecule has 0 saturated heterocycles. The lowest BCUT2D eigenvalue weighted by molar-refractivity contribution is -0.121. The Morgan fingerprint density at radius 1 is 0.962 bits per heavy atom. The molecular weight excluding hydrogens is 392 g/mol. The van der Waals surface area contributed by atoms with E-state index in [1.165, 1.54) is 12.0 Å². The van der Waals surface area contributed by atoms with Crippen molar-refractivity contribution in [3.05, 3.63) is 70.2 Å². The molecule has 2 N–H and O–H groups in total. The summed E-state index contributed by atoms with van der Waals surface area (Å²) in [6.45, 7) is 0.996. The molecule has 26 heavy (non-hydrogen) atoms. The molecule has 1 fully saturated rings. The lowest BCUT2D eigenvalue weighted by Gasteiger charge is -2.42. The first-order chi connectivity index (χ1) is 12.6. The Bertz CT molecular complexity index is 755. The number of hydrogen-bond acceptors (Lipinski definition) is 2. The van der Waals surface area contributed by atoms with E-state index in [9.17, 15) is 9.59 Å². The van der Waals surface area contributed by atoms with Crippen LogP contribution in [-0.2, 0) is 10.2 Å². The first-order valence-electron chi connectivity index (χ1n) is 8.95. The first-order valence-corrected chi connectivity index (χ1v) is 9.74. The number of carbonyl (C=O) groups is 2. The second-order valence-electron chi connectivity index (χ2n) is 6.79. The largest absolute Gasteiger partial charge is 0.355 e. The normalized spacial score (nSPS) is 15.0. The Labute approximate surface area is 162 Å². The number of halogens is 1. The molecule has 1 aliphatic rings. The molecule has 5 heteroatoms. The van der Waals surface area contributed by atoms with Gasteiger partial charge >= 0.3 is 0 Å². The van der Waals surface area contributed by atoms with Crippen LogP contribution < -0.4 is 10.6 Å². The van der Waals surface area contributed by atoms with Crippen molar-refractivity contribution in [1.29, 1.82) is 0 Å². The van der Waals surface area contributed by atoms with E-state index in [1.54, 1.807) is 12.1 Å². The minimum atomic E-state index is -0.162. The van der Waals surface area contributed by atoms with Crippen molar-refractivity contribution in [3.8, 4) is 0 Å². The SMILES string of the molecule is O=C(CCNC(=O)c1ccc(Br)cc1)NCC1(c2ccccc2)CCC1. The van der Waals surface area contributed by atoms with Gasteiger partial charge in [-0.25, -0.2) is 0 Å². The van der Waals surface area contributed by atoms with E-state index in [4.69, 9.17) is 0 Å². The van der Waals surface area contributed by atoms with Crippen molar-refractivity contribution in [2.24, 2.45) is 0 Å². The van der Waals surface area contributed by atoms with Crippen LogP contribution >= 0.6 is 15.9 Å². The summed E-state index contributed by atoms with van der Waals surface area (Å²) in [6, 6.07) is 17.5. The molecule has 1 aliphatic carbocycles. The molecule has 0 spiro atoms. The van der Waals surface area contributed by atoms with Crippen molar-refractivity contribution in [2.75, 3.05) is 13.1 Å². The van der Waals surface area contributed by atoms with Crippen LogP contribution in [0.5, 0.6) is 0 Å². The number of carbonyl (C=O) groups excluding carboxylic acids is 2. The Balaban J connectivity index is 1.43. The maximum Gasteiger partial charge on any atom is 0.251 e. The van der Waals surface area contributed by atoms with E-state index in [-0.39, 0.29) is 23.7 Å². The summed E-state index contributed by atoms with van der Waals surface area (Å²) in [6.07, 6.45) is 3.70. The summed E-state index contributed by atoms with van der Waals surface area (Å²) >= 11 is 3.34. The average Bonchev–Trinajstić information content (AvgIpc) is 2.62. The Morgan fingerprint density at radius 2 is 1.65 bits per heavy atom. The third-order valence-corrected chi connectivity index (χ3v) is 5.59. The van der Waals surface area contributed by atoms with Gasteiger partial charge in [-0.3, -0.25) is 9.59 Å². The highest BCUT2D eigenvalue weighted by Crippen LogP contribution is 2.43. The number of hydrogen-bond donors (Lipinski definition) is 2.